The molecular weight excluding hydrogens is 304 g/mol. The fourth-order valence-electron chi connectivity index (χ4n) is 2.73. The number of hydrogen-bond acceptors (Lipinski definition) is 4. The Hall–Kier alpha value is -2.44. The van der Waals surface area contributed by atoms with Gasteiger partial charge in [-0.1, -0.05) is 36.8 Å². The van der Waals surface area contributed by atoms with Gasteiger partial charge >= 0.3 is 0 Å². The monoisotopic (exact) mass is 326 g/mol. The van der Waals surface area contributed by atoms with Gasteiger partial charge in [-0.05, 0) is 19.0 Å². The van der Waals surface area contributed by atoms with Crippen LogP contribution in [0, 0.1) is 6.92 Å². The van der Waals surface area contributed by atoms with Crippen molar-refractivity contribution in [3.63, 3.8) is 0 Å². The number of fused-ring (bicyclic) bond motifs is 1. The smallest absolute Gasteiger partial charge is 0.272 e. The summed E-state index contributed by atoms with van der Waals surface area (Å²) in [6.07, 6.45) is 1.12. The van der Waals surface area contributed by atoms with E-state index in [1.165, 1.54) is 16.1 Å². The molecule has 6 nitrogen and oxygen atoms in total. The average Bonchev–Trinajstić information content (AvgIpc) is 3.03. The molecule has 0 spiro atoms. The van der Waals surface area contributed by atoms with E-state index in [9.17, 15) is 9.90 Å². The maximum absolute atomic E-state index is 12.0. The van der Waals surface area contributed by atoms with Gasteiger partial charge in [0.05, 0.1) is 11.8 Å². The first kappa shape index (κ1) is 16.4. The number of aromatic amines is 1. The minimum Gasteiger partial charge on any atom is -0.387 e. The van der Waals surface area contributed by atoms with E-state index in [0.29, 0.717) is 24.4 Å². The fraction of sp³-hybridized carbons (Fsp3) is 0.333. The second-order valence-electron chi connectivity index (χ2n) is 6.00. The Morgan fingerprint density at radius 1 is 1.29 bits per heavy atom. The van der Waals surface area contributed by atoms with E-state index < -0.39 is 6.10 Å². The van der Waals surface area contributed by atoms with Crippen LogP contribution in [0.1, 0.15) is 29.8 Å². The number of hydrogen-bond donors (Lipinski definition) is 2. The molecule has 0 saturated heterocycles. The lowest BCUT2D eigenvalue weighted by atomic mass is 10.1. The summed E-state index contributed by atoms with van der Waals surface area (Å²) in [5.41, 5.74) is 3.25. The lowest BCUT2D eigenvalue weighted by molar-refractivity contribution is 0.111. The Kier molecular flexibility index (Phi) is 4.78. The molecule has 2 N–H and O–H groups in total. The zero-order valence-corrected chi connectivity index (χ0v) is 13.9. The number of rotatable bonds is 6. The molecule has 0 aliphatic carbocycles. The number of aromatic nitrogens is 3. The second-order valence-corrected chi connectivity index (χ2v) is 6.00. The summed E-state index contributed by atoms with van der Waals surface area (Å²) in [6, 6.07) is 11.2. The topological polar surface area (TPSA) is 73.6 Å². The Bertz CT molecular complexity index is 867. The van der Waals surface area contributed by atoms with Crippen LogP contribution < -0.4 is 5.56 Å². The highest BCUT2D eigenvalue weighted by molar-refractivity contribution is 5.36. The molecule has 0 amide bonds. The van der Waals surface area contributed by atoms with Crippen LogP contribution >= 0.6 is 0 Å². The Morgan fingerprint density at radius 3 is 2.75 bits per heavy atom. The molecule has 1 aromatic carbocycles. The first-order valence-corrected chi connectivity index (χ1v) is 8.10. The number of H-pyrrole nitrogens is 1. The lowest BCUT2D eigenvalue weighted by Gasteiger charge is -2.23. The van der Waals surface area contributed by atoms with Gasteiger partial charge < -0.3 is 5.11 Å². The summed E-state index contributed by atoms with van der Waals surface area (Å²) in [7, 11) is 0. The standard InChI is InChI=1S/C18H22N4O2/c1-3-21(12-16(23)14-6-4-13(2)5-7-14)11-15-10-18(24)22-17(20-15)8-9-19-22/h4-10,16,19,23H,3,11-12H2,1-2H3/t16-/m1/s1. The molecule has 3 rings (SSSR count). The van der Waals surface area contributed by atoms with Crippen molar-refractivity contribution >= 4 is 5.65 Å². The van der Waals surface area contributed by atoms with Gasteiger partial charge in [-0.15, -0.1) is 0 Å². The molecule has 0 saturated carbocycles. The van der Waals surface area contributed by atoms with Gasteiger partial charge in [0.15, 0.2) is 5.65 Å². The molecule has 0 unspecified atom stereocenters. The SMILES string of the molecule is CCN(Cc1cc(=O)n2[nH]ccc2n1)C[C@@H](O)c1ccc(C)cc1. The summed E-state index contributed by atoms with van der Waals surface area (Å²) in [5.74, 6) is 0. The van der Waals surface area contributed by atoms with E-state index in [0.717, 1.165) is 12.1 Å². The van der Waals surface area contributed by atoms with Gasteiger partial charge in [0.25, 0.3) is 5.56 Å². The Morgan fingerprint density at radius 2 is 2.04 bits per heavy atom. The van der Waals surface area contributed by atoms with E-state index in [1.807, 2.05) is 38.1 Å². The average molecular weight is 326 g/mol. The molecule has 0 fully saturated rings. The third-order valence-corrected chi connectivity index (χ3v) is 4.16. The third kappa shape index (κ3) is 3.55. The van der Waals surface area contributed by atoms with E-state index in [-0.39, 0.29) is 5.56 Å². The van der Waals surface area contributed by atoms with Crippen LogP contribution in [0.5, 0.6) is 0 Å². The molecular formula is C18H22N4O2. The van der Waals surface area contributed by atoms with Crippen LogP contribution in [0.2, 0.25) is 0 Å². The van der Waals surface area contributed by atoms with Crippen LogP contribution in [0.25, 0.3) is 5.65 Å². The fourth-order valence-corrected chi connectivity index (χ4v) is 2.73. The van der Waals surface area contributed by atoms with Gasteiger partial charge in [-0.2, -0.15) is 0 Å². The second kappa shape index (κ2) is 6.98. The summed E-state index contributed by atoms with van der Waals surface area (Å²) >= 11 is 0. The zero-order chi connectivity index (χ0) is 17.1. The molecule has 0 aliphatic heterocycles. The largest absolute Gasteiger partial charge is 0.387 e. The predicted molar refractivity (Wildman–Crippen MR) is 92.9 cm³/mol. The molecule has 0 bridgehead atoms. The molecule has 24 heavy (non-hydrogen) atoms. The highest BCUT2D eigenvalue weighted by atomic mass is 16.3. The van der Waals surface area contributed by atoms with Crippen LogP contribution in [0.15, 0.2) is 47.4 Å². The third-order valence-electron chi connectivity index (χ3n) is 4.16. The molecule has 0 radical (unpaired) electrons. The van der Waals surface area contributed by atoms with Gasteiger partial charge in [-0.3, -0.25) is 14.8 Å². The van der Waals surface area contributed by atoms with Crippen molar-refractivity contribution in [3.05, 3.63) is 69.8 Å². The minimum absolute atomic E-state index is 0.130. The number of nitrogens with one attached hydrogen (secondary N) is 1. The number of aryl methyl sites for hydroxylation is 1. The molecule has 2 aromatic heterocycles. The maximum atomic E-state index is 12.0. The number of aliphatic hydroxyl groups excluding tert-OH is 1. The molecule has 0 aliphatic rings. The van der Waals surface area contributed by atoms with Crippen LogP contribution in [0.3, 0.4) is 0 Å². The summed E-state index contributed by atoms with van der Waals surface area (Å²) < 4.78 is 1.40. The van der Waals surface area contributed by atoms with Gasteiger partial charge in [0.2, 0.25) is 0 Å². The molecule has 3 aromatic rings. The van der Waals surface area contributed by atoms with Crippen molar-refractivity contribution in [1.29, 1.82) is 0 Å². The number of aliphatic hydroxyl groups is 1. The number of likely N-dealkylation sites (N-methyl/N-ethyl adjacent to an activating group) is 1. The van der Waals surface area contributed by atoms with Crippen molar-refractivity contribution in [3.8, 4) is 0 Å². The normalized spacial score (nSPS) is 12.8. The summed E-state index contributed by atoms with van der Waals surface area (Å²) in [5, 5.41) is 13.3. The summed E-state index contributed by atoms with van der Waals surface area (Å²) in [4.78, 5) is 18.6. The van der Waals surface area contributed by atoms with E-state index >= 15 is 0 Å². The first-order chi connectivity index (χ1) is 11.6. The predicted octanol–water partition coefficient (Wildman–Crippen LogP) is 1.89. The highest BCUT2D eigenvalue weighted by Gasteiger charge is 2.14. The van der Waals surface area contributed by atoms with Crippen LogP contribution in [0.4, 0.5) is 0 Å². The van der Waals surface area contributed by atoms with E-state index in [2.05, 4.69) is 15.0 Å². The van der Waals surface area contributed by atoms with E-state index in [1.54, 1.807) is 12.3 Å². The number of benzene rings is 1. The van der Waals surface area contributed by atoms with Gasteiger partial charge in [0.1, 0.15) is 0 Å². The van der Waals surface area contributed by atoms with Crippen molar-refractivity contribution < 1.29 is 5.11 Å². The van der Waals surface area contributed by atoms with Crippen molar-refractivity contribution in [2.45, 2.75) is 26.5 Å². The number of nitrogens with zero attached hydrogens (tertiary/aromatic N) is 3. The first-order valence-electron chi connectivity index (χ1n) is 8.10. The zero-order valence-electron chi connectivity index (χ0n) is 13.9. The van der Waals surface area contributed by atoms with Crippen molar-refractivity contribution in [2.24, 2.45) is 0 Å². The highest BCUT2D eigenvalue weighted by Crippen LogP contribution is 2.16. The summed E-state index contributed by atoms with van der Waals surface area (Å²) in [6.45, 7) is 5.83. The quantitative estimate of drug-likeness (QED) is 0.725. The van der Waals surface area contributed by atoms with Gasteiger partial charge in [0, 0.05) is 31.4 Å². The molecule has 6 heteroatoms. The van der Waals surface area contributed by atoms with Crippen molar-refractivity contribution in [2.75, 3.05) is 13.1 Å². The molecule has 126 valence electrons. The minimum atomic E-state index is -0.567. The molecule has 1 atom stereocenters. The van der Waals surface area contributed by atoms with Crippen molar-refractivity contribution in [1.82, 2.24) is 19.5 Å². The van der Waals surface area contributed by atoms with Gasteiger partial charge in [-0.25, -0.2) is 9.50 Å². The Balaban J connectivity index is 1.73. The van der Waals surface area contributed by atoms with E-state index in [4.69, 9.17) is 0 Å². The van der Waals surface area contributed by atoms with Crippen LogP contribution in [-0.4, -0.2) is 37.7 Å². The Labute approximate surface area is 140 Å². The lowest BCUT2D eigenvalue weighted by Crippen LogP contribution is -2.29. The maximum Gasteiger partial charge on any atom is 0.272 e. The molecule has 2 heterocycles. The van der Waals surface area contributed by atoms with Crippen LogP contribution in [-0.2, 0) is 6.54 Å².